The largest absolute Gasteiger partial charge is 0.354 e. The number of carbonyl (C=O) groups excluding carboxylic acids is 2. The summed E-state index contributed by atoms with van der Waals surface area (Å²) in [4.78, 5) is 27.4. The zero-order chi connectivity index (χ0) is 21.9. The number of nitrogens with zero attached hydrogens (tertiary/aromatic N) is 1. The molecule has 1 atom stereocenters. The van der Waals surface area contributed by atoms with Crippen molar-refractivity contribution < 1.29 is 14.0 Å². The van der Waals surface area contributed by atoms with E-state index in [1.54, 1.807) is 23.1 Å². The second-order valence-electron chi connectivity index (χ2n) is 6.95. The smallest absolute Gasteiger partial charge is 0.242 e. The SMILES string of the molecule is CCCNC(=O)C(CC)N(Cc1ccccc1Cl)C(=O)CSCc1ccc(F)cc1. The monoisotopic (exact) mass is 450 g/mol. The molecule has 0 aliphatic carbocycles. The first-order valence-electron chi connectivity index (χ1n) is 10.1. The van der Waals surface area contributed by atoms with Crippen molar-refractivity contribution in [2.45, 2.75) is 45.0 Å². The normalized spacial score (nSPS) is 11.7. The number of carbonyl (C=O) groups is 2. The van der Waals surface area contributed by atoms with E-state index in [9.17, 15) is 14.0 Å². The zero-order valence-corrected chi connectivity index (χ0v) is 18.9. The third-order valence-electron chi connectivity index (χ3n) is 4.64. The lowest BCUT2D eigenvalue weighted by molar-refractivity contribution is -0.139. The predicted octanol–water partition coefficient (Wildman–Crippen LogP) is 5.05. The molecule has 4 nitrogen and oxygen atoms in total. The first-order chi connectivity index (χ1) is 14.5. The maximum absolute atomic E-state index is 13.1. The van der Waals surface area contributed by atoms with Gasteiger partial charge in [-0.05, 0) is 42.2 Å². The highest BCUT2D eigenvalue weighted by atomic mass is 35.5. The molecule has 0 bridgehead atoms. The van der Waals surface area contributed by atoms with Gasteiger partial charge < -0.3 is 10.2 Å². The van der Waals surface area contributed by atoms with Gasteiger partial charge in [-0.2, -0.15) is 0 Å². The molecule has 0 heterocycles. The number of hydrogen-bond acceptors (Lipinski definition) is 3. The second kappa shape index (κ2) is 12.6. The lowest BCUT2D eigenvalue weighted by atomic mass is 10.1. The first kappa shape index (κ1) is 24.2. The van der Waals surface area contributed by atoms with Crippen molar-refractivity contribution in [2.75, 3.05) is 12.3 Å². The van der Waals surface area contributed by atoms with Crippen LogP contribution in [0.3, 0.4) is 0 Å². The van der Waals surface area contributed by atoms with Gasteiger partial charge >= 0.3 is 0 Å². The summed E-state index contributed by atoms with van der Waals surface area (Å²) < 4.78 is 13.1. The average molecular weight is 451 g/mol. The number of amides is 2. The van der Waals surface area contributed by atoms with Gasteiger partial charge in [0.15, 0.2) is 0 Å². The predicted molar refractivity (Wildman–Crippen MR) is 122 cm³/mol. The molecule has 2 aromatic carbocycles. The lowest BCUT2D eigenvalue weighted by Gasteiger charge is -2.31. The molecule has 0 fully saturated rings. The molecule has 2 amide bonds. The average Bonchev–Trinajstić information content (AvgIpc) is 2.74. The third kappa shape index (κ3) is 7.33. The van der Waals surface area contributed by atoms with Gasteiger partial charge in [0.1, 0.15) is 11.9 Å². The summed E-state index contributed by atoms with van der Waals surface area (Å²) in [6.07, 6.45) is 1.34. The van der Waals surface area contributed by atoms with E-state index >= 15 is 0 Å². The molecule has 0 aliphatic rings. The highest BCUT2D eigenvalue weighted by molar-refractivity contribution is 7.99. The molecule has 0 aromatic heterocycles. The van der Waals surface area contributed by atoms with E-state index in [0.717, 1.165) is 17.5 Å². The summed E-state index contributed by atoms with van der Waals surface area (Å²) >= 11 is 7.75. The van der Waals surface area contributed by atoms with Crippen LogP contribution in [0.15, 0.2) is 48.5 Å². The van der Waals surface area contributed by atoms with Gasteiger partial charge in [-0.15, -0.1) is 11.8 Å². The van der Waals surface area contributed by atoms with Crippen molar-refractivity contribution in [3.63, 3.8) is 0 Å². The number of nitrogens with one attached hydrogen (secondary N) is 1. The van der Waals surface area contributed by atoms with E-state index in [-0.39, 0.29) is 29.9 Å². The highest BCUT2D eigenvalue weighted by Crippen LogP contribution is 2.21. The molecular weight excluding hydrogens is 423 g/mol. The first-order valence-corrected chi connectivity index (χ1v) is 11.6. The molecule has 2 aromatic rings. The summed E-state index contributed by atoms with van der Waals surface area (Å²) in [5.74, 6) is 0.253. The Hall–Kier alpha value is -2.05. The van der Waals surface area contributed by atoms with Crippen LogP contribution in [-0.4, -0.2) is 35.1 Å². The van der Waals surface area contributed by atoms with Crippen molar-refractivity contribution in [2.24, 2.45) is 0 Å². The Morgan fingerprint density at radius 3 is 2.47 bits per heavy atom. The van der Waals surface area contributed by atoms with Gasteiger partial charge in [0.25, 0.3) is 0 Å². The minimum Gasteiger partial charge on any atom is -0.354 e. The number of benzene rings is 2. The van der Waals surface area contributed by atoms with E-state index in [0.29, 0.717) is 23.7 Å². The fraction of sp³-hybridized carbons (Fsp3) is 0.391. The van der Waals surface area contributed by atoms with Gasteiger partial charge in [0, 0.05) is 23.9 Å². The van der Waals surface area contributed by atoms with Crippen LogP contribution < -0.4 is 5.32 Å². The zero-order valence-electron chi connectivity index (χ0n) is 17.4. The van der Waals surface area contributed by atoms with Gasteiger partial charge in [0.05, 0.1) is 5.75 Å². The minimum absolute atomic E-state index is 0.125. The van der Waals surface area contributed by atoms with Crippen LogP contribution >= 0.6 is 23.4 Å². The van der Waals surface area contributed by atoms with E-state index in [4.69, 9.17) is 11.6 Å². The molecule has 0 spiro atoms. The Bertz CT molecular complexity index is 832. The van der Waals surface area contributed by atoms with Crippen LogP contribution in [-0.2, 0) is 21.9 Å². The molecule has 0 saturated heterocycles. The Morgan fingerprint density at radius 1 is 1.13 bits per heavy atom. The molecule has 0 radical (unpaired) electrons. The van der Waals surface area contributed by atoms with E-state index in [2.05, 4.69) is 5.32 Å². The Morgan fingerprint density at radius 2 is 1.83 bits per heavy atom. The second-order valence-corrected chi connectivity index (χ2v) is 8.34. The molecule has 1 unspecified atom stereocenters. The topological polar surface area (TPSA) is 49.4 Å². The van der Waals surface area contributed by atoms with Crippen LogP contribution in [0.2, 0.25) is 5.02 Å². The molecular formula is C23H28ClFN2O2S. The summed E-state index contributed by atoms with van der Waals surface area (Å²) in [5, 5.41) is 3.47. The van der Waals surface area contributed by atoms with Gasteiger partial charge in [-0.3, -0.25) is 9.59 Å². The van der Waals surface area contributed by atoms with Crippen LogP contribution in [0.25, 0.3) is 0 Å². The van der Waals surface area contributed by atoms with Crippen molar-refractivity contribution in [3.8, 4) is 0 Å². The Labute approximate surface area is 187 Å². The highest BCUT2D eigenvalue weighted by Gasteiger charge is 2.28. The van der Waals surface area contributed by atoms with Crippen molar-refractivity contribution in [3.05, 3.63) is 70.5 Å². The molecule has 0 saturated carbocycles. The van der Waals surface area contributed by atoms with Crippen molar-refractivity contribution in [1.29, 1.82) is 0 Å². The number of halogens is 2. The number of rotatable bonds is 11. The van der Waals surface area contributed by atoms with Crippen LogP contribution in [0.1, 0.15) is 37.8 Å². The van der Waals surface area contributed by atoms with Crippen LogP contribution in [0.5, 0.6) is 0 Å². The molecule has 2 rings (SSSR count). The minimum atomic E-state index is -0.563. The van der Waals surface area contributed by atoms with Gasteiger partial charge in [-0.1, -0.05) is 55.8 Å². The Kier molecular flexibility index (Phi) is 10.2. The van der Waals surface area contributed by atoms with Crippen molar-refractivity contribution >= 4 is 35.2 Å². The summed E-state index contributed by atoms with van der Waals surface area (Å²) in [7, 11) is 0. The molecule has 30 heavy (non-hydrogen) atoms. The van der Waals surface area contributed by atoms with E-state index in [1.165, 1.54) is 23.9 Å². The molecule has 162 valence electrons. The summed E-state index contributed by atoms with van der Waals surface area (Å²) in [6, 6.07) is 13.0. The summed E-state index contributed by atoms with van der Waals surface area (Å²) in [5.41, 5.74) is 1.75. The van der Waals surface area contributed by atoms with Gasteiger partial charge in [-0.25, -0.2) is 4.39 Å². The fourth-order valence-electron chi connectivity index (χ4n) is 3.02. The van der Waals surface area contributed by atoms with Crippen LogP contribution in [0.4, 0.5) is 4.39 Å². The fourth-order valence-corrected chi connectivity index (χ4v) is 4.08. The molecule has 0 aliphatic heterocycles. The molecule has 1 N–H and O–H groups in total. The Balaban J connectivity index is 2.11. The number of hydrogen-bond donors (Lipinski definition) is 1. The van der Waals surface area contributed by atoms with Gasteiger partial charge in [0.2, 0.25) is 11.8 Å². The standard InChI is InChI=1S/C23H28ClFN2O2S/c1-3-13-26-23(29)21(4-2)27(14-18-7-5-6-8-20(18)24)22(28)16-30-15-17-9-11-19(25)12-10-17/h5-12,21H,3-4,13-16H2,1-2H3,(H,26,29). The number of thioether (sulfide) groups is 1. The lowest BCUT2D eigenvalue weighted by Crippen LogP contribution is -2.49. The van der Waals surface area contributed by atoms with E-state index in [1.807, 2.05) is 32.0 Å². The van der Waals surface area contributed by atoms with Crippen LogP contribution in [0, 0.1) is 5.82 Å². The quantitative estimate of drug-likeness (QED) is 0.521. The maximum atomic E-state index is 13.1. The van der Waals surface area contributed by atoms with E-state index < -0.39 is 6.04 Å². The maximum Gasteiger partial charge on any atom is 0.242 e. The molecule has 7 heteroatoms. The summed E-state index contributed by atoms with van der Waals surface area (Å²) in [6.45, 7) is 4.73. The third-order valence-corrected chi connectivity index (χ3v) is 6.00. The van der Waals surface area contributed by atoms with Crippen molar-refractivity contribution in [1.82, 2.24) is 10.2 Å².